The Balaban J connectivity index is 1.28. The largest absolute Gasteiger partial charge is 0.465 e. The van der Waals surface area contributed by atoms with Crippen LogP contribution in [0.5, 0.6) is 11.5 Å². The van der Waals surface area contributed by atoms with E-state index in [1.54, 1.807) is 0 Å². The molecule has 4 aliphatic heterocycles. The molecule has 2 aromatic rings. The van der Waals surface area contributed by atoms with Crippen molar-refractivity contribution in [2.75, 3.05) is 6.54 Å². The van der Waals surface area contributed by atoms with Crippen molar-refractivity contribution in [2.45, 2.75) is 89.3 Å². The van der Waals surface area contributed by atoms with Crippen LogP contribution in [0.2, 0.25) is 0 Å². The lowest BCUT2D eigenvalue weighted by Crippen LogP contribution is -2.41. The molecule has 2 bridgehead atoms. The zero-order valence-electron chi connectivity index (χ0n) is 26.7. The Morgan fingerprint density at radius 1 is 1.15 bits per heavy atom. The van der Waals surface area contributed by atoms with E-state index in [0.29, 0.717) is 55.7 Å². The summed E-state index contributed by atoms with van der Waals surface area (Å²) in [7, 11) is 0. The molecule has 0 amide bonds. The van der Waals surface area contributed by atoms with Gasteiger partial charge >= 0.3 is 0 Å². The monoisotopic (exact) mass is 634 g/mol. The van der Waals surface area contributed by atoms with Crippen molar-refractivity contribution < 1.29 is 24.5 Å². The van der Waals surface area contributed by atoms with Gasteiger partial charge in [-0.3, -0.25) is 9.79 Å². The summed E-state index contributed by atoms with van der Waals surface area (Å²) in [4.78, 5) is 19.5. The van der Waals surface area contributed by atoms with E-state index in [1.165, 1.54) is 0 Å². The van der Waals surface area contributed by atoms with Gasteiger partial charge in [-0.05, 0) is 59.2 Å². The number of Topliss-reactive ketones (excluding diaryl/α,β-unsaturated/α-hetero) is 1. The first-order valence-electron chi connectivity index (χ1n) is 16.5. The molecule has 6 rings (SSSR count). The number of aliphatic hydroxyl groups is 2. The van der Waals surface area contributed by atoms with Crippen molar-refractivity contribution in [3.63, 3.8) is 0 Å². The number of aliphatic imine (C=N–C) groups is 1. The number of hydrogen-bond donors (Lipinski definition) is 4. The van der Waals surface area contributed by atoms with Gasteiger partial charge < -0.3 is 36.1 Å². The zero-order valence-corrected chi connectivity index (χ0v) is 26.7. The van der Waals surface area contributed by atoms with Crippen molar-refractivity contribution in [1.82, 2.24) is 4.90 Å². The number of unbranched alkanes of at least 4 members (excludes halogenated alkanes) is 2. The van der Waals surface area contributed by atoms with E-state index in [0.717, 1.165) is 52.8 Å². The van der Waals surface area contributed by atoms with E-state index >= 15 is 0 Å². The fraction of sp³-hybridized carbons (Fsp3) is 0.421. The Morgan fingerprint density at radius 2 is 2.02 bits per heavy atom. The average molecular weight is 635 g/mol. The van der Waals surface area contributed by atoms with Crippen LogP contribution in [-0.4, -0.2) is 46.0 Å². The van der Waals surface area contributed by atoms with Crippen LogP contribution in [-0.2, 0) is 17.6 Å². The predicted octanol–water partition coefficient (Wildman–Crippen LogP) is 4.33. The lowest BCUT2D eigenvalue weighted by molar-refractivity contribution is -0.121. The number of benzene rings is 2. The molecule has 4 aliphatic rings. The van der Waals surface area contributed by atoms with Gasteiger partial charge in [0.2, 0.25) is 0 Å². The second-order valence-electron chi connectivity index (χ2n) is 12.7. The maximum atomic E-state index is 12.7. The fourth-order valence-corrected chi connectivity index (χ4v) is 6.43. The Labute approximate surface area is 276 Å². The number of ketones is 1. The SMILES string of the molecule is CCCCCC(O)CC(=O)CCc1ccc2c(c1)OC1C(C#CC(O)c3ccc(C(N)N)cc3CC3=C4CN1C=C4N=C3)CC#CO2. The van der Waals surface area contributed by atoms with E-state index in [1.807, 2.05) is 48.8 Å². The van der Waals surface area contributed by atoms with Crippen LogP contribution in [0.1, 0.15) is 86.4 Å². The summed E-state index contributed by atoms with van der Waals surface area (Å²) >= 11 is 0. The van der Waals surface area contributed by atoms with Gasteiger partial charge in [0.15, 0.2) is 17.7 Å². The maximum Gasteiger partial charge on any atom is 0.187 e. The van der Waals surface area contributed by atoms with E-state index in [2.05, 4.69) is 35.7 Å². The number of nitrogens with two attached hydrogens (primary N) is 2. The number of ether oxygens (including phenoxy) is 2. The number of allylic oxidation sites excluding steroid dienone is 1. The highest BCUT2D eigenvalue weighted by Gasteiger charge is 2.35. The molecule has 2 aromatic carbocycles. The number of aryl methyl sites for hydroxylation is 1. The Hall–Kier alpha value is -4.38. The van der Waals surface area contributed by atoms with Gasteiger partial charge in [-0.1, -0.05) is 68.2 Å². The van der Waals surface area contributed by atoms with E-state index in [-0.39, 0.29) is 12.2 Å². The highest BCUT2D eigenvalue weighted by atomic mass is 16.5. The van der Waals surface area contributed by atoms with Gasteiger partial charge in [0.1, 0.15) is 18.0 Å². The van der Waals surface area contributed by atoms with Crippen molar-refractivity contribution >= 4 is 12.0 Å². The smallest absolute Gasteiger partial charge is 0.187 e. The summed E-state index contributed by atoms with van der Waals surface area (Å²) in [6.07, 6.45) is 9.48. The number of hydrogen-bond acceptors (Lipinski definition) is 9. The predicted molar refractivity (Wildman–Crippen MR) is 180 cm³/mol. The van der Waals surface area contributed by atoms with Crippen LogP contribution >= 0.6 is 0 Å². The molecule has 47 heavy (non-hydrogen) atoms. The maximum absolute atomic E-state index is 12.7. The zero-order chi connectivity index (χ0) is 32.9. The third-order valence-electron chi connectivity index (χ3n) is 9.10. The highest BCUT2D eigenvalue weighted by molar-refractivity contribution is 5.87. The average Bonchev–Trinajstić information content (AvgIpc) is 3.65. The molecule has 6 N–H and O–H groups in total. The molecule has 0 saturated carbocycles. The molecule has 0 aliphatic carbocycles. The molecule has 4 atom stereocenters. The first-order valence-corrected chi connectivity index (χ1v) is 16.5. The minimum Gasteiger partial charge on any atom is -0.465 e. The lowest BCUT2D eigenvalue weighted by atomic mass is 9.92. The van der Waals surface area contributed by atoms with Gasteiger partial charge in [0, 0.05) is 43.8 Å². The van der Waals surface area contributed by atoms with Gasteiger partial charge in [-0.15, -0.1) is 0 Å². The van der Waals surface area contributed by atoms with Crippen LogP contribution in [0, 0.1) is 29.8 Å². The van der Waals surface area contributed by atoms with Gasteiger partial charge in [-0.2, -0.15) is 0 Å². The van der Waals surface area contributed by atoms with Crippen molar-refractivity contribution in [2.24, 2.45) is 22.4 Å². The van der Waals surface area contributed by atoms with E-state index in [9.17, 15) is 15.0 Å². The molecule has 244 valence electrons. The van der Waals surface area contributed by atoms with Crippen LogP contribution in [0.4, 0.5) is 0 Å². The molecule has 0 fully saturated rings. The van der Waals surface area contributed by atoms with Crippen LogP contribution in [0.3, 0.4) is 0 Å². The standard InChI is InChI=1S/C38H42N4O5/c1-2-3-4-7-29(43)20-30(44)12-8-24-9-15-35-36(17-24)47-38-25(6-5-16-46-35)11-14-34(45)31-13-10-26(37(39)40)18-27(31)19-28-21-41-33-23-42(38)22-32(28)33/h9-10,13,15,17-18,21,23,25,29,34,37-38,43,45H,2-4,6-8,12,19-20,22,39-40H2,1H3. The summed E-state index contributed by atoms with van der Waals surface area (Å²) in [5.41, 5.74) is 18.3. The van der Waals surface area contributed by atoms with E-state index < -0.39 is 30.5 Å². The summed E-state index contributed by atoms with van der Waals surface area (Å²) in [6, 6.07) is 11.2. The van der Waals surface area contributed by atoms with Gasteiger partial charge in [0.25, 0.3) is 0 Å². The second-order valence-corrected chi connectivity index (χ2v) is 12.7. The van der Waals surface area contributed by atoms with Gasteiger partial charge in [0.05, 0.1) is 23.9 Å². The number of nitrogens with zero attached hydrogens (tertiary/aromatic N) is 2. The quantitative estimate of drug-likeness (QED) is 0.172. The Kier molecular flexibility index (Phi) is 10.1. The summed E-state index contributed by atoms with van der Waals surface area (Å²) < 4.78 is 12.5. The number of carbonyl (C=O) groups is 1. The molecule has 0 radical (unpaired) electrons. The number of carbonyl (C=O) groups excluding carboxylic acids is 1. The Bertz CT molecular complexity index is 1740. The van der Waals surface area contributed by atoms with Crippen molar-refractivity contribution in [3.05, 3.63) is 81.7 Å². The Morgan fingerprint density at radius 3 is 2.85 bits per heavy atom. The normalized spacial score (nSPS) is 21.4. The van der Waals surface area contributed by atoms with Crippen molar-refractivity contribution in [3.8, 4) is 35.4 Å². The molecule has 4 heterocycles. The first kappa shape index (κ1) is 32.6. The third kappa shape index (κ3) is 7.62. The molecule has 0 saturated heterocycles. The van der Waals surface area contributed by atoms with Crippen molar-refractivity contribution in [1.29, 1.82) is 0 Å². The molecular formula is C38H42N4O5. The number of rotatable bonds is 10. The van der Waals surface area contributed by atoms with Crippen LogP contribution in [0.25, 0.3) is 0 Å². The summed E-state index contributed by atoms with van der Waals surface area (Å²) in [5.74, 6) is 10.1. The number of aliphatic hydroxyl groups excluding tert-OH is 2. The van der Waals surface area contributed by atoms with E-state index in [4.69, 9.17) is 25.9 Å². The molecule has 0 spiro atoms. The molecule has 0 aromatic heterocycles. The molecule has 9 nitrogen and oxygen atoms in total. The first-order chi connectivity index (χ1) is 22.8. The molecular weight excluding hydrogens is 592 g/mol. The number of fused-ring (bicyclic) bond motifs is 5. The van der Waals surface area contributed by atoms with Gasteiger partial charge in [-0.25, -0.2) is 0 Å². The highest BCUT2D eigenvalue weighted by Crippen LogP contribution is 2.38. The molecule has 9 heteroatoms. The summed E-state index contributed by atoms with van der Waals surface area (Å²) in [5, 5.41) is 21.6. The lowest BCUT2D eigenvalue weighted by Gasteiger charge is -2.32. The summed E-state index contributed by atoms with van der Waals surface area (Å²) in [6.45, 7) is 2.69. The molecule has 4 unspecified atom stereocenters. The van der Waals surface area contributed by atoms with Crippen LogP contribution < -0.4 is 20.9 Å². The minimum atomic E-state index is -1.05. The van der Waals surface area contributed by atoms with Crippen LogP contribution in [0.15, 0.2) is 64.4 Å². The third-order valence-corrected chi connectivity index (χ3v) is 9.10. The minimum absolute atomic E-state index is 0.0392. The topological polar surface area (TPSA) is 144 Å². The second kappa shape index (κ2) is 14.6. The fourth-order valence-electron chi connectivity index (χ4n) is 6.43.